The summed E-state index contributed by atoms with van der Waals surface area (Å²) in [6.07, 6.45) is 0. The van der Waals surface area contributed by atoms with Gasteiger partial charge in [0.05, 0.1) is 51.6 Å². The number of hydrogen-bond donors (Lipinski definition) is 1. The smallest absolute Gasteiger partial charge is 0.260 e. The number of methoxy groups -OCH3 is 2. The van der Waals surface area contributed by atoms with Crippen molar-refractivity contribution in [1.82, 2.24) is 4.98 Å². The van der Waals surface area contributed by atoms with E-state index in [-0.39, 0.29) is 5.91 Å². The van der Waals surface area contributed by atoms with Gasteiger partial charge in [0.1, 0.15) is 11.5 Å². The molecule has 0 aliphatic carbocycles. The molecular weight excluding hydrogens is 386 g/mol. The molecule has 1 aromatic heterocycles. The molecule has 0 saturated heterocycles. The molecule has 0 radical (unpaired) electrons. The van der Waals surface area contributed by atoms with Crippen molar-refractivity contribution in [3.05, 3.63) is 47.0 Å². The Hall–Kier alpha value is -2.64. The predicted molar refractivity (Wildman–Crippen MR) is 118 cm³/mol. The van der Waals surface area contributed by atoms with Gasteiger partial charge in [0.25, 0.3) is 5.91 Å². The number of quaternary nitrogens is 1. The minimum atomic E-state index is -0.114. The maximum atomic E-state index is 13.5. The van der Waals surface area contributed by atoms with Gasteiger partial charge in [-0.25, -0.2) is 4.98 Å². The standard InChI is InChI=1S/C22H27N3O3S/c1-14-9-15(2)20-19(10-14)29-22(23-20)25(8-7-24(3)4)21(26)16-11-17(27-5)13-18(12-16)28-6/h9-13H,7-8H2,1-6H3/p+1. The fraction of sp³-hybridized carbons (Fsp3) is 0.364. The van der Waals surface area contributed by atoms with Gasteiger partial charge in [-0.3, -0.25) is 9.69 Å². The van der Waals surface area contributed by atoms with E-state index < -0.39 is 0 Å². The first kappa shape index (κ1) is 21.1. The average molecular weight is 415 g/mol. The number of amides is 1. The molecule has 1 heterocycles. The second-order valence-corrected chi connectivity index (χ2v) is 8.45. The van der Waals surface area contributed by atoms with Gasteiger partial charge in [-0.2, -0.15) is 0 Å². The van der Waals surface area contributed by atoms with Crippen LogP contribution in [0.15, 0.2) is 30.3 Å². The highest BCUT2D eigenvalue weighted by Gasteiger charge is 2.24. The molecule has 2 aromatic carbocycles. The molecule has 0 spiro atoms. The third-order valence-electron chi connectivity index (χ3n) is 4.73. The van der Waals surface area contributed by atoms with Crippen LogP contribution < -0.4 is 19.3 Å². The molecule has 0 atom stereocenters. The maximum absolute atomic E-state index is 13.5. The molecule has 154 valence electrons. The summed E-state index contributed by atoms with van der Waals surface area (Å²) in [7, 11) is 7.30. The number of rotatable bonds is 7. The number of thiazole rings is 1. The molecule has 7 heteroatoms. The quantitative estimate of drug-likeness (QED) is 0.646. The second kappa shape index (κ2) is 8.80. The molecule has 0 fully saturated rings. The number of benzene rings is 2. The molecule has 1 N–H and O–H groups in total. The van der Waals surface area contributed by atoms with E-state index in [0.717, 1.165) is 22.3 Å². The van der Waals surface area contributed by atoms with E-state index in [4.69, 9.17) is 14.5 Å². The molecule has 0 saturated carbocycles. The zero-order chi connectivity index (χ0) is 21.1. The molecule has 0 aliphatic heterocycles. The zero-order valence-electron chi connectivity index (χ0n) is 17.8. The number of aryl methyl sites for hydroxylation is 2. The van der Waals surface area contributed by atoms with Gasteiger partial charge in [-0.05, 0) is 43.2 Å². The third kappa shape index (κ3) is 4.68. The van der Waals surface area contributed by atoms with Gasteiger partial charge in [-0.15, -0.1) is 0 Å². The summed E-state index contributed by atoms with van der Waals surface area (Å²) >= 11 is 1.55. The summed E-state index contributed by atoms with van der Waals surface area (Å²) in [5.41, 5.74) is 3.78. The first-order valence-corrected chi connectivity index (χ1v) is 10.4. The minimum Gasteiger partial charge on any atom is -0.497 e. The highest BCUT2D eigenvalue weighted by Crippen LogP contribution is 2.33. The van der Waals surface area contributed by atoms with Crippen LogP contribution in [-0.4, -0.2) is 52.3 Å². The largest absolute Gasteiger partial charge is 0.497 e. The van der Waals surface area contributed by atoms with Gasteiger partial charge in [0.15, 0.2) is 5.13 Å². The Balaban J connectivity index is 2.06. The van der Waals surface area contributed by atoms with Crippen LogP contribution in [0.2, 0.25) is 0 Å². The summed E-state index contributed by atoms with van der Waals surface area (Å²) in [4.78, 5) is 21.3. The highest BCUT2D eigenvalue weighted by atomic mass is 32.1. The Morgan fingerprint density at radius 1 is 1.07 bits per heavy atom. The Morgan fingerprint density at radius 3 is 2.31 bits per heavy atom. The number of carbonyl (C=O) groups is 1. The van der Waals surface area contributed by atoms with E-state index in [1.165, 1.54) is 10.5 Å². The second-order valence-electron chi connectivity index (χ2n) is 7.44. The summed E-state index contributed by atoms with van der Waals surface area (Å²) < 4.78 is 11.8. The van der Waals surface area contributed by atoms with E-state index in [1.807, 2.05) is 0 Å². The number of carbonyl (C=O) groups excluding carboxylic acids is 1. The van der Waals surface area contributed by atoms with Gasteiger partial charge < -0.3 is 14.4 Å². The Morgan fingerprint density at radius 2 is 1.72 bits per heavy atom. The average Bonchev–Trinajstić information content (AvgIpc) is 3.11. The highest BCUT2D eigenvalue weighted by molar-refractivity contribution is 7.22. The summed E-state index contributed by atoms with van der Waals surface area (Å²) in [5, 5.41) is 0.710. The van der Waals surface area contributed by atoms with Crippen molar-refractivity contribution in [1.29, 1.82) is 0 Å². The van der Waals surface area contributed by atoms with E-state index in [1.54, 1.807) is 48.7 Å². The SMILES string of the molecule is COc1cc(OC)cc(C(=O)N(CC[NH+](C)C)c2nc3c(C)cc(C)cc3s2)c1. The van der Waals surface area contributed by atoms with E-state index in [0.29, 0.717) is 28.7 Å². The van der Waals surface area contributed by atoms with Crippen LogP contribution in [0.1, 0.15) is 21.5 Å². The topological polar surface area (TPSA) is 56.1 Å². The fourth-order valence-corrected chi connectivity index (χ4v) is 4.35. The van der Waals surface area contributed by atoms with E-state index in [9.17, 15) is 4.79 Å². The molecular formula is C22H28N3O3S+. The number of hydrogen-bond acceptors (Lipinski definition) is 5. The van der Waals surface area contributed by atoms with Crippen molar-refractivity contribution < 1.29 is 19.2 Å². The minimum absolute atomic E-state index is 0.114. The first-order valence-electron chi connectivity index (χ1n) is 9.54. The lowest BCUT2D eigenvalue weighted by Crippen LogP contribution is -3.06. The van der Waals surface area contributed by atoms with Crippen molar-refractivity contribution in [3.8, 4) is 11.5 Å². The molecule has 3 aromatic rings. The van der Waals surface area contributed by atoms with Crippen LogP contribution in [0.5, 0.6) is 11.5 Å². The van der Waals surface area contributed by atoms with Crippen molar-refractivity contribution >= 4 is 32.6 Å². The van der Waals surface area contributed by atoms with Crippen LogP contribution in [0.3, 0.4) is 0 Å². The van der Waals surface area contributed by atoms with Crippen LogP contribution in [0.25, 0.3) is 10.2 Å². The van der Waals surface area contributed by atoms with Crippen LogP contribution in [0, 0.1) is 13.8 Å². The lowest BCUT2D eigenvalue weighted by molar-refractivity contribution is -0.856. The zero-order valence-corrected chi connectivity index (χ0v) is 18.6. The van der Waals surface area contributed by atoms with Crippen molar-refractivity contribution in [2.45, 2.75) is 13.8 Å². The van der Waals surface area contributed by atoms with Crippen molar-refractivity contribution in [2.75, 3.05) is 46.3 Å². The number of aromatic nitrogens is 1. The number of ether oxygens (including phenoxy) is 2. The third-order valence-corrected chi connectivity index (χ3v) is 5.75. The summed E-state index contributed by atoms with van der Waals surface area (Å²) in [5.74, 6) is 1.06. The normalized spacial score (nSPS) is 11.1. The Labute approximate surface area is 175 Å². The van der Waals surface area contributed by atoms with Crippen LogP contribution >= 0.6 is 11.3 Å². The molecule has 0 aliphatic rings. The first-order chi connectivity index (χ1) is 13.8. The van der Waals surface area contributed by atoms with Gasteiger partial charge in [0.2, 0.25) is 0 Å². The van der Waals surface area contributed by atoms with Gasteiger partial charge >= 0.3 is 0 Å². The summed E-state index contributed by atoms with van der Waals surface area (Å²) in [6.45, 7) is 5.51. The maximum Gasteiger partial charge on any atom is 0.260 e. The summed E-state index contributed by atoms with van der Waals surface area (Å²) in [6, 6.07) is 9.48. The Bertz CT molecular complexity index is 1010. The van der Waals surface area contributed by atoms with Gasteiger partial charge in [-0.1, -0.05) is 17.4 Å². The van der Waals surface area contributed by atoms with E-state index >= 15 is 0 Å². The molecule has 29 heavy (non-hydrogen) atoms. The van der Waals surface area contributed by atoms with Gasteiger partial charge in [0, 0.05) is 11.6 Å². The predicted octanol–water partition coefficient (Wildman–Crippen LogP) is 2.72. The fourth-order valence-electron chi connectivity index (χ4n) is 3.18. The van der Waals surface area contributed by atoms with E-state index in [2.05, 4.69) is 40.1 Å². The van der Waals surface area contributed by atoms with Crippen LogP contribution in [0.4, 0.5) is 5.13 Å². The number of nitrogens with one attached hydrogen (secondary N) is 1. The number of likely N-dealkylation sites (N-methyl/N-ethyl adjacent to an activating group) is 1. The van der Waals surface area contributed by atoms with Crippen LogP contribution in [-0.2, 0) is 0 Å². The molecule has 0 bridgehead atoms. The molecule has 3 rings (SSSR count). The Kier molecular flexibility index (Phi) is 6.39. The lowest BCUT2D eigenvalue weighted by atomic mass is 10.1. The molecule has 6 nitrogen and oxygen atoms in total. The molecule has 1 amide bonds. The number of fused-ring (bicyclic) bond motifs is 1. The number of anilines is 1. The monoisotopic (exact) mass is 414 g/mol. The number of nitrogens with zero attached hydrogens (tertiary/aromatic N) is 2. The molecule has 0 unspecified atom stereocenters. The van der Waals surface area contributed by atoms with Crippen molar-refractivity contribution in [2.24, 2.45) is 0 Å². The lowest BCUT2D eigenvalue weighted by Gasteiger charge is -2.21. The van der Waals surface area contributed by atoms with Crippen molar-refractivity contribution in [3.63, 3.8) is 0 Å².